The van der Waals surface area contributed by atoms with Crippen LogP contribution in [-0.4, -0.2) is 66.0 Å². The number of rotatable bonds is 3. The summed E-state index contributed by atoms with van der Waals surface area (Å²) in [5.74, 6) is 0. The van der Waals surface area contributed by atoms with E-state index in [1.54, 1.807) is 27.5 Å². The molecule has 1 atom stereocenters. The van der Waals surface area contributed by atoms with Gasteiger partial charge in [0.25, 0.3) is 5.56 Å². The summed E-state index contributed by atoms with van der Waals surface area (Å²) < 4.78 is 8.89. The van der Waals surface area contributed by atoms with Crippen molar-refractivity contribution >= 4 is 28.9 Å². The molecule has 1 aliphatic carbocycles. The summed E-state index contributed by atoms with van der Waals surface area (Å²) in [5.41, 5.74) is -1.78. The fourth-order valence-electron chi connectivity index (χ4n) is 5.25. The quantitative estimate of drug-likeness (QED) is 0.551. The van der Waals surface area contributed by atoms with Crippen LogP contribution < -0.4 is 5.56 Å². The predicted octanol–water partition coefficient (Wildman–Crippen LogP) is 2.78. The normalized spacial score (nSPS) is 23.2. The maximum atomic E-state index is 13.2. The number of likely N-dealkylation sites (tertiary alicyclic amines) is 1. The van der Waals surface area contributed by atoms with Crippen LogP contribution in [0.3, 0.4) is 0 Å². The zero-order valence-corrected chi connectivity index (χ0v) is 20.4. The van der Waals surface area contributed by atoms with Crippen LogP contribution in [-0.2, 0) is 18.3 Å². The van der Waals surface area contributed by atoms with Crippen molar-refractivity contribution in [1.82, 2.24) is 24.2 Å². The van der Waals surface area contributed by atoms with Gasteiger partial charge in [-0.2, -0.15) is 0 Å². The van der Waals surface area contributed by atoms with E-state index in [4.69, 9.17) is 4.74 Å². The summed E-state index contributed by atoms with van der Waals surface area (Å²) in [6.45, 7) is 6.56. The van der Waals surface area contributed by atoms with E-state index in [2.05, 4.69) is 9.97 Å². The number of ether oxygens (including phenoxy) is 1. The number of carbonyl (C=O) groups excluding carboxylic acids is 1. The maximum Gasteiger partial charge on any atom is 0.410 e. The van der Waals surface area contributed by atoms with Crippen LogP contribution >= 0.6 is 11.8 Å². The molecule has 1 saturated heterocycles. The first kappa shape index (κ1) is 23.1. The van der Waals surface area contributed by atoms with E-state index < -0.39 is 16.6 Å². The van der Waals surface area contributed by atoms with Gasteiger partial charge in [-0.15, -0.1) is 0 Å². The van der Waals surface area contributed by atoms with Gasteiger partial charge in [-0.05, 0) is 46.3 Å². The number of amides is 1. The van der Waals surface area contributed by atoms with Crippen LogP contribution in [0.1, 0.15) is 52.9 Å². The summed E-state index contributed by atoms with van der Waals surface area (Å²) in [4.78, 5) is 36.4. The van der Waals surface area contributed by atoms with Crippen molar-refractivity contribution in [3.8, 4) is 0 Å². The molecule has 2 fully saturated rings. The Hall–Kier alpha value is -2.07. The summed E-state index contributed by atoms with van der Waals surface area (Å²) in [7, 11) is 1.79. The second-order valence-corrected chi connectivity index (χ2v) is 10.9. The van der Waals surface area contributed by atoms with Crippen molar-refractivity contribution in [3.63, 3.8) is 0 Å². The number of fused-ring (bicyclic) bond motifs is 1. The minimum Gasteiger partial charge on any atom is -0.444 e. The highest BCUT2D eigenvalue weighted by Gasteiger charge is 2.56. The monoisotopic (exact) mass is 463 g/mol. The second kappa shape index (κ2) is 8.06. The Bertz CT molecular complexity index is 1080. The summed E-state index contributed by atoms with van der Waals surface area (Å²) >= 11 is 1.42. The third kappa shape index (κ3) is 3.91. The third-order valence-electron chi connectivity index (χ3n) is 6.96. The van der Waals surface area contributed by atoms with Crippen molar-refractivity contribution < 1.29 is 14.6 Å². The van der Waals surface area contributed by atoms with Crippen LogP contribution in [0.2, 0.25) is 0 Å². The lowest BCUT2D eigenvalue weighted by Gasteiger charge is -2.52. The lowest BCUT2D eigenvalue weighted by molar-refractivity contribution is -0.142. The first-order chi connectivity index (χ1) is 15.0. The minimum atomic E-state index is -1.11. The zero-order valence-electron chi connectivity index (χ0n) is 19.6. The van der Waals surface area contributed by atoms with Gasteiger partial charge in [0.1, 0.15) is 11.0 Å². The first-order valence-corrected chi connectivity index (χ1v) is 12.4. The number of nitrogens with zero attached hydrogens (tertiary/aromatic N) is 5. The smallest absolute Gasteiger partial charge is 0.410 e. The predicted molar refractivity (Wildman–Crippen MR) is 123 cm³/mol. The van der Waals surface area contributed by atoms with E-state index in [1.165, 1.54) is 11.8 Å². The molecule has 0 bridgehead atoms. The van der Waals surface area contributed by atoms with Gasteiger partial charge in [-0.1, -0.05) is 24.6 Å². The molecular formula is C22H33N5O4S. The van der Waals surface area contributed by atoms with E-state index in [9.17, 15) is 14.7 Å². The fraction of sp³-hybridized carbons (Fsp3) is 0.727. The molecule has 1 aliphatic heterocycles. The summed E-state index contributed by atoms with van der Waals surface area (Å²) in [5, 5.41) is 13.0. The van der Waals surface area contributed by atoms with Crippen molar-refractivity contribution in [2.24, 2.45) is 12.5 Å². The second-order valence-electron chi connectivity index (χ2n) is 10.2. The molecule has 1 amide bonds. The number of aromatic nitrogens is 4. The lowest BCUT2D eigenvalue weighted by atomic mass is 9.66. The van der Waals surface area contributed by atoms with Gasteiger partial charge in [0.15, 0.2) is 10.8 Å². The molecule has 1 saturated carbocycles. The van der Waals surface area contributed by atoms with Crippen LogP contribution in [0, 0.1) is 5.41 Å². The molecule has 176 valence electrons. The molecule has 3 heterocycles. The van der Waals surface area contributed by atoms with E-state index >= 15 is 0 Å². The molecule has 2 aromatic heterocycles. The topological polar surface area (TPSA) is 102 Å². The standard InChI is InChI=1S/C22H33N5O4S/c1-20(2,3)31-19(29)26-11-10-22(30,21(13-26)8-6-7-9-21)14-27-17(28)15-12-23-18(32-5)24-16(15)25(27)4/h12,30H,6-11,13-14H2,1-5H3. The van der Waals surface area contributed by atoms with Crippen molar-refractivity contribution in [2.75, 3.05) is 19.3 Å². The van der Waals surface area contributed by atoms with E-state index in [1.807, 2.05) is 27.0 Å². The van der Waals surface area contributed by atoms with Crippen LogP contribution in [0.4, 0.5) is 4.79 Å². The van der Waals surface area contributed by atoms with Crippen molar-refractivity contribution in [1.29, 1.82) is 0 Å². The molecule has 4 rings (SSSR count). The molecule has 1 spiro atoms. The van der Waals surface area contributed by atoms with Crippen molar-refractivity contribution in [3.05, 3.63) is 16.6 Å². The highest BCUT2D eigenvalue weighted by molar-refractivity contribution is 7.98. The van der Waals surface area contributed by atoms with E-state index in [-0.39, 0.29) is 18.2 Å². The molecule has 2 aliphatic rings. The number of aryl methyl sites for hydroxylation is 1. The maximum absolute atomic E-state index is 13.2. The van der Waals surface area contributed by atoms with Gasteiger partial charge < -0.3 is 14.7 Å². The molecular weight excluding hydrogens is 430 g/mol. The molecule has 32 heavy (non-hydrogen) atoms. The Kier molecular flexibility index (Phi) is 5.82. The average molecular weight is 464 g/mol. The Labute approximate surface area is 192 Å². The number of hydrogen-bond acceptors (Lipinski definition) is 7. The van der Waals surface area contributed by atoms with Gasteiger partial charge in [-0.3, -0.25) is 9.48 Å². The Morgan fingerprint density at radius 1 is 1.28 bits per heavy atom. The van der Waals surface area contributed by atoms with Gasteiger partial charge in [-0.25, -0.2) is 19.4 Å². The summed E-state index contributed by atoms with van der Waals surface area (Å²) in [6.07, 6.45) is 7.13. The molecule has 10 heteroatoms. The highest BCUT2D eigenvalue weighted by atomic mass is 32.2. The van der Waals surface area contributed by atoms with Crippen molar-refractivity contribution in [2.45, 2.75) is 75.8 Å². The van der Waals surface area contributed by atoms with Gasteiger partial charge in [0.2, 0.25) is 0 Å². The number of piperidine rings is 1. The van der Waals surface area contributed by atoms with E-state index in [0.29, 0.717) is 35.7 Å². The molecule has 1 unspecified atom stereocenters. The molecule has 1 N–H and O–H groups in total. The Morgan fingerprint density at radius 2 is 1.97 bits per heavy atom. The molecule has 2 aromatic rings. The number of aliphatic hydroxyl groups is 1. The van der Waals surface area contributed by atoms with E-state index in [0.717, 1.165) is 25.7 Å². The number of thioether (sulfide) groups is 1. The highest BCUT2D eigenvalue weighted by Crippen LogP contribution is 2.51. The van der Waals surface area contributed by atoms with Gasteiger partial charge >= 0.3 is 6.09 Å². The summed E-state index contributed by atoms with van der Waals surface area (Å²) in [6, 6.07) is 0. The largest absolute Gasteiger partial charge is 0.444 e. The molecule has 0 aromatic carbocycles. The Morgan fingerprint density at radius 3 is 2.59 bits per heavy atom. The van der Waals surface area contributed by atoms with Gasteiger partial charge in [0, 0.05) is 31.7 Å². The lowest BCUT2D eigenvalue weighted by Crippen LogP contribution is -2.62. The fourth-order valence-corrected chi connectivity index (χ4v) is 5.59. The molecule has 9 nitrogen and oxygen atoms in total. The van der Waals surface area contributed by atoms with Crippen LogP contribution in [0.15, 0.2) is 16.1 Å². The van der Waals surface area contributed by atoms with Crippen LogP contribution in [0.25, 0.3) is 11.0 Å². The average Bonchev–Trinajstić information content (AvgIpc) is 3.29. The number of carbonyl (C=O) groups is 1. The Balaban J connectivity index is 1.66. The minimum absolute atomic E-state index is 0.162. The first-order valence-electron chi connectivity index (χ1n) is 11.2. The number of hydrogen-bond donors (Lipinski definition) is 1. The molecule has 0 radical (unpaired) electrons. The third-order valence-corrected chi connectivity index (χ3v) is 7.52. The SMILES string of the molecule is CSc1ncc2c(=O)n(CC3(O)CCN(C(=O)OC(C)(C)C)CC34CCCC4)n(C)c2n1. The van der Waals surface area contributed by atoms with Crippen LogP contribution in [0.5, 0.6) is 0 Å². The zero-order chi connectivity index (χ0) is 23.3. The van der Waals surface area contributed by atoms with Gasteiger partial charge in [0.05, 0.1) is 12.1 Å².